The van der Waals surface area contributed by atoms with Crippen LogP contribution < -0.4 is 5.32 Å². The van der Waals surface area contributed by atoms with Gasteiger partial charge in [-0.2, -0.15) is 4.31 Å². The van der Waals surface area contributed by atoms with Crippen LogP contribution in [0.25, 0.3) is 0 Å². The van der Waals surface area contributed by atoms with Gasteiger partial charge in [0.1, 0.15) is 0 Å². The molecule has 2 heterocycles. The molecule has 1 saturated heterocycles. The Balaban J connectivity index is 1.64. The summed E-state index contributed by atoms with van der Waals surface area (Å²) in [6.07, 6.45) is 3.53. The van der Waals surface area contributed by atoms with Crippen molar-refractivity contribution in [3.8, 4) is 0 Å². The fraction of sp³-hybridized carbons (Fsp3) is 0.412. The van der Waals surface area contributed by atoms with E-state index in [-0.39, 0.29) is 17.6 Å². The molecule has 0 unspecified atom stereocenters. The summed E-state index contributed by atoms with van der Waals surface area (Å²) in [7, 11) is -1.91. The van der Waals surface area contributed by atoms with Gasteiger partial charge in [-0.15, -0.1) is 0 Å². The van der Waals surface area contributed by atoms with Gasteiger partial charge in [-0.1, -0.05) is 17.7 Å². The topological polar surface area (TPSA) is 87.5 Å². The van der Waals surface area contributed by atoms with E-state index >= 15 is 0 Å². The van der Waals surface area contributed by atoms with Crippen molar-refractivity contribution in [1.29, 1.82) is 0 Å². The molecule has 0 atom stereocenters. The largest absolute Gasteiger partial charge is 0.339 e. The first-order chi connectivity index (χ1) is 12.4. The molecule has 1 aromatic carbocycles. The predicted molar refractivity (Wildman–Crippen MR) is 98.4 cm³/mol. The van der Waals surface area contributed by atoms with E-state index in [9.17, 15) is 13.2 Å². The number of amides is 2. The third kappa shape index (κ3) is 4.05. The number of carbonyl (C=O) groups is 1. The molecule has 140 valence electrons. The van der Waals surface area contributed by atoms with Crippen molar-refractivity contribution in [3.63, 3.8) is 0 Å². The SMILES string of the molecule is Cc1ccc(NC(=O)N2CCCN(S(=O)(=O)c3cn(C)cn3)CC2)cc1. The van der Waals surface area contributed by atoms with Gasteiger partial charge in [0.15, 0.2) is 5.03 Å². The van der Waals surface area contributed by atoms with E-state index in [1.165, 1.54) is 16.8 Å². The molecule has 0 radical (unpaired) electrons. The molecule has 2 amide bonds. The molecule has 0 saturated carbocycles. The van der Waals surface area contributed by atoms with Crippen molar-refractivity contribution < 1.29 is 13.2 Å². The fourth-order valence-electron chi connectivity index (χ4n) is 2.83. The summed E-state index contributed by atoms with van der Waals surface area (Å²) in [5.41, 5.74) is 1.84. The number of aryl methyl sites for hydroxylation is 2. The van der Waals surface area contributed by atoms with Gasteiger partial charge >= 0.3 is 6.03 Å². The summed E-state index contributed by atoms with van der Waals surface area (Å²) in [4.78, 5) is 18.1. The van der Waals surface area contributed by atoms with E-state index in [0.29, 0.717) is 26.1 Å². The lowest BCUT2D eigenvalue weighted by Gasteiger charge is -2.21. The normalized spacial score (nSPS) is 16.3. The minimum absolute atomic E-state index is 0.0394. The Morgan fingerprint density at radius 1 is 1.12 bits per heavy atom. The minimum atomic E-state index is -3.63. The second kappa shape index (κ2) is 7.46. The maximum atomic E-state index is 12.7. The maximum Gasteiger partial charge on any atom is 0.321 e. The van der Waals surface area contributed by atoms with Crippen LogP contribution in [0.3, 0.4) is 0 Å². The lowest BCUT2D eigenvalue weighted by molar-refractivity contribution is 0.214. The monoisotopic (exact) mass is 377 g/mol. The van der Waals surface area contributed by atoms with Gasteiger partial charge < -0.3 is 14.8 Å². The minimum Gasteiger partial charge on any atom is -0.339 e. The van der Waals surface area contributed by atoms with E-state index in [2.05, 4.69) is 10.3 Å². The number of hydrogen-bond acceptors (Lipinski definition) is 4. The number of sulfonamides is 1. The number of urea groups is 1. The lowest BCUT2D eigenvalue weighted by Crippen LogP contribution is -2.39. The molecular formula is C17H23N5O3S. The van der Waals surface area contributed by atoms with E-state index in [1.54, 1.807) is 16.5 Å². The van der Waals surface area contributed by atoms with Crippen LogP contribution in [0.5, 0.6) is 0 Å². The molecule has 2 aromatic rings. The first kappa shape index (κ1) is 18.4. The Morgan fingerprint density at radius 3 is 2.50 bits per heavy atom. The number of benzene rings is 1. The van der Waals surface area contributed by atoms with Crippen LogP contribution in [0.15, 0.2) is 41.8 Å². The highest BCUT2D eigenvalue weighted by Crippen LogP contribution is 2.17. The van der Waals surface area contributed by atoms with Crippen LogP contribution >= 0.6 is 0 Å². The summed E-state index contributed by atoms with van der Waals surface area (Å²) >= 11 is 0. The van der Waals surface area contributed by atoms with Gasteiger partial charge in [-0.25, -0.2) is 18.2 Å². The van der Waals surface area contributed by atoms with Crippen molar-refractivity contribution in [2.45, 2.75) is 18.4 Å². The first-order valence-electron chi connectivity index (χ1n) is 8.47. The number of carbonyl (C=O) groups excluding carboxylic acids is 1. The summed E-state index contributed by atoms with van der Waals surface area (Å²) in [5.74, 6) is 0. The van der Waals surface area contributed by atoms with Gasteiger partial charge in [0.2, 0.25) is 0 Å². The lowest BCUT2D eigenvalue weighted by atomic mass is 10.2. The zero-order valence-corrected chi connectivity index (χ0v) is 15.7. The first-order valence-corrected chi connectivity index (χ1v) is 9.91. The Kier molecular flexibility index (Phi) is 5.28. The highest BCUT2D eigenvalue weighted by molar-refractivity contribution is 7.89. The number of rotatable bonds is 3. The van der Waals surface area contributed by atoms with Gasteiger partial charge in [0.25, 0.3) is 10.0 Å². The molecule has 0 bridgehead atoms. The summed E-state index contributed by atoms with van der Waals surface area (Å²) in [5, 5.41) is 2.90. The molecule has 1 aliphatic rings. The van der Waals surface area contributed by atoms with Crippen molar-refractivity contribution >= 4 is 21.7 Å². The molecule has 1 N–H and O–H groups in total. The predicted octanol–water partition coefficient (Wildman–Crippen LogP) is 1.66. The van der Waals surface area contributed by atoms with Crippen molar-refractivity contribution in [2.24, 2.45) is 7.05 Å². The molecule has 8 nitrogen and oxygen atoms in total. The number of imidazole rings is 1. The Bertz CT molecular complexity index is 876. The van der Waals surface area contributed by atoms with Crippen LogP contribution in [0, 0.1) is 6.92 Å². The molecule has 1 fully saturated rings. The van der Waals surface area contributed by atoms with Crippen LogP contribution in [-0.4, -0.2) is 59.4 Å². The van der Waals surface area contributed by atoms with E-state index in [0.717, 1.165) is 11.3 Å². The number of hydrogen-bond donors (Lipinski definition) is 1. The van der Waals surface area contributed by atoms with Crippen molar-refractivity contribution in [2.75, 3.05) is 31.5 Å². The van der Waals surface area contributed by atoms with E-state index < -0.39 is 10.0 Å². The van der Waals surface area contributed by atoms with Crippen molar-refractivity contribution in [3.05, 3.63) is 42.4 Å². The quantitative estimate of drug-likeness (QED) is 0.881. The third-order valence-corrected chi connectivity index (χ3v) is 6.11. The zero-order chi connectivity index (χ0) is 18.7. The molecule has 26 heavy (non-hydrogen) atoms. The molecule has 9 heteroatoms. The smallest absolute Gasteiger partial charge is 0.321 e. The number of anilines is 1. The van der Waals surface area contributed by atoms with E-state index in [1.807, 2.05) is 31.2 Å². The molecular weight excluding hydrogens is 354 g/mol. The van der Waals surface area contributed by atoms with E-state index in [4.69, 9.17) is 0 Å². The molecule has 3 rings (SSSR count). The average Bonchev–Trinajstić information content (AvgIpc) is 2.90. The van der Waals surface area contributed by atoms with Gasteiger partial charge in [-0.3, -0.25) is 0 Å². The highest BCUT2D eigenvalue weighted by Gasteiger charge is 2.29. The van der Waals surface area contributed by atoms with Crippen LogP contribution in [0.2, 0.25) is 0 Å². The number of aromatic nitrogens is 2. The second-order valence-corrected chi connectivity index (χ2v) is 8.30. The summed E-state index contributed by atoms with van der Waals surface area (Å²) in [6.45, 7) is 3.44. The number of nitrogens with zero attached hydrogens (tertiary/aromatic N) is 4. The molecule has 1 aromatic heterocycles. The zero-order valence-electron chi connectivity index (χ0n) is 14.9. The fourth-order valence-corrected chi connectivity index (χ4v) is 4.27. The number of nitrogens with one attached hydrogen (secondary N) is 1. The van der Waals surface area contributed by atoms with Crippen LogP contribution in [0.1, 0.15) is 12.0 Å². The highest BCUT2D eigenvalue weighted by atomic mass is 32.2. The summed E-state index contributed by atoms with van der Waals surface area (Å²) in [6, 6.07) is 7.34. The van der Waals surface area contributed by atoms with Gasteiger partial charge in [-0.05, 0) is 25.5 Å². The standard InChI is InChI=1S/C17H23N5O3S/c1-14-4-6-15(7-5-14)19-17(23)21-8-3-9-22(11-10-21)26(24,25)16-12-20(2)13-18-16/h4-7,12-13H,3,8-11H2,1-2H3,(H,19,23). The Morgan fingerprint density at radius 2 is 1.85 bits per heavy atom. The Labute approximate surface area is 153 Å². The molecule has 0 spiro atoms. The molecule has 0 aliphatic carbocycles. The van der Waals surface area contributed by atoms with Crippen molar-refractivity contribution in [1.82, 2.24) is 18.8 Å². The van der Waals surface area contributed by atoms with Crippen LogP contribution in [-0.2, 0) is 17.1 Å². The average molecular weight is 377 g/mol. The van der Waals surface area contributed by atoms with Crippen LogP contribution in [0.4, 0.5) is 10.5 Å². The Hall–Kier alpha value is -2.39. The third-order valence-electron chi connectivity index (χ3n) is 4.33. The van der Waals surface area contributed by atoms with Gasteiger partial charge in [0.05, 0.1) is 6.33 Å². The second-order valence-electron chi connectivity index (χ2n) is 6.42. The molecule has 1 aliphatic heterocycles. The summed E-state index contributed by atoms with van der Waals surface area (Å²) < 4.78 is 28.4. The maximum absolute atomic E-state index is 12.7. The van der Waals surface area contributed by atoms with Gasteiger partial charge in [0, 0.05) is 45.1 Å².